The van der Waals surface area contributed by atoms with Crippen LogP contribution in [0.2, 0.25) is 0 Å². The maximum absolute atomic E-state index is 11.5. The molecule has 0 aliphatic heterocycles. The molecule has 9 heteroatoms. The summed E-state index contributed by atoms with van der Waals surface area (Å²) in [6.45, 7) is 0.00281. The number of imidazole rings is 1. The number of nitrogens with zero attached hydrogens (tertiary/aromatic N) is 5. The third-order valence-electron chi connectivity index (χ3n) is 2.17. The lowest BCUT2D eigenvalue weighted by atomic mass is 10.5. The standard InChI is InChI=1S/C9H7N7O2/c1-16-7-6(8(17)14-9(16)18)12-5(13-7)3-2-4-11-15-10/h4H2,1H3,(H,12,13)(H,14,17,18). The molecule has 18 heavy (non-hydrogen) atoms. The van der Waals surface area contributed by atoms with E-state index in [0.29, 0.717) is 0 Å². The van der Waals surface area contributed by atoms with Gasteiger partial charge in [-0.1, -0.05) is 11.0 Å². The molecule has 2 N–H and O–H groups in total. The molecule has 0 saturated heterocycles. The Morgan fingerprint density at radius 3 is 3.00 bits per heavy atom. The normalized spacial score (nSPS) is 9.61. The van der Waals surface area contributed by atoms with E-state index in [1.165, 1.54) is 11.6 Å². The van der Waals surface area contributed by atoms with Crippen LogP contribution in [0, 0.1) is 11.8 Å². The predicted octanol–water partition coefficient (Wildman–Crippen LogP) is -0.388. The van der Waals surface area contributed by atoms with E-state index in [2.05, 4.69) is 36.8 Å². The summed E-state index contributed by atoms with van der Waals surface area (Å²) < 4.78 is 1.20. The van der Waals surface area contributed by atoms with Crippen LogP contribution in [0.4, 0.5) is 0 Å². The van der Waals surface area contributed by atoms with Crippen LogP contribution < -0.4 is 11.2 Å². The average Bonchev–Trinajstić information content (AvgIpc) is 2.77. The van der Waals surface area contributed by atoms with Gasteiger partial charge < -0.3 is 4.98 Å². The van der Waals surface area contributed by atoms with Crippen LogP contribution in [0.3, 0.4) is 0 Å². The minimum absolute atomic E-state index is 0.00281. The number of hydrogen-bond donors (Lipinski definition) is 2. The quantitative estimate of drug-likeness (QED) is 0.307. The molecule has 90 valence electrons. The Hall–Kier alpha value is -2.98. The van der Waals surface area contributed by atoms with Crippen molar-refractivity contribution < 1.29 is 0 Å². The number of nitrogens with one attached hydrogen (secondary N) is 2. The van der Waals surface area contributed by atoms with Crippen LogP contribution in [0.1, 0.15) is 5.82 Å². The van der Waals surface area contributed by atoms with Gasteiger partial charge in [0.2, 0.25) is 0 Å². The third-order valence-corrected chi connectivity index (χ3v) is 2.17. The number of hydrogen-bond acceptors (Lipinski definition) is 4. The van der Waals surface area contributed by atoms with Crippen LogP contribution in [0.5, 0.6) is 0 Å². The minimum atomic E-state index is -0.552. The van der Waals surface area contributed by atoms with Gasteiger partial charge in [-0.05, 0) is 11.5 Å². The molecule has 2 heterocycles. The first-order chi connectivity index (χ1) is 8.63. The molecular weight excluding hydrogens is 238 g/mol. The zero-order valence-electron chi connectivity index (χ0n) is 9.26. The van der Waals surface area contributed by atoms with Gasteiger partial charge in [0, 0.05) is 12.0 Å². The first-order valence-electron chi connectivity index (χ1n) is 4.82. The molecule has 0 fully saturated rings. The van der Waals surface area contributed by atoms with E-state index in [4.69, 9.17) is 5.53 Å². The van der Waals surface area contributed by atoms with Gasteiger partial charge in [-0.3, -0.25) is 14.3 Å². The molecule has 0 aromatic carbocycles. The van der Waals surface area contributed by atoms with Gasteiger partial charge >= 0.3 is 5.69 Å². The first kappa shape index (κ1) is 11.5. The van der Waals surface area contributed by atoms with Gasteiger partial charge in [-0.25, -0.2) is 9.78 Å². The lowest BCUT2D eigenvalue weighted by Gasteiger charge is -1.94. The van der Waals surface area contributed by atoms with Gasteiger partial charge in [0.25, 0.3) is 5.56 Å². The Morgan fingerprint density at radius 2 is 2.28 bits per heavy atom. The molecule has 0 aliphatic carbocycles. The molecule has 0 bridgehead atoms. The van der Waals surface area contributed by atoms with Gasteiger partial charge in [-0.15, -0.1) is 0 Å². The fourth-order valence-corrected chi connectivity index (χ4v) is 1.35. The summed E-state index contributed by atoms with van der Waals surface area (Å²) in [5.41, 5.74) is 7.35. The Kier molecular flexibility index (Phi) is 2.87. The van der Waals surface area contributed by atoms with E-state index in [0.717, 1.165) is 0 Å². The molecule has 0 unspecified atom stereocenters. The van der Waals surface area contributed by atoms with Crippen molar-refractivity contribution in [1.82, 2.24) is 19.5 Å². The van der Waals surface area contributed by atoms with Crippen molar-refractivity contribution in [2.75, 3.05) is 6.54 Å². The summed E-state index contributed by atoms with van der Waals surface area (Å²) in [5, 5.41) is 3.23. The summed E-state index contributed by atoms with van der Waals surface area (Å²) in [6.07, 6.45) is 0. The highest BCUT2D eigenvalue weighted by molar-refractivity contribution is 5.70. The first-order valence-corrected chi connectivity index (χ1v) is 4.82. The monoisotopic (exact) mass is 245 g/mol. The fourth-order valence-electron chi connectivity index (χ4n) is 1.35. The van der Waals surface area contributed by atoms with Crippen LogP contribution in [0.15, 0.2) is 14.7 Å². The van der Waals surface area contributed by atoms with Crippen molar-refractivity contribution in [2.24, 2.45) is 12.2 Å². The van der Waals surface area contributed by atoms with E-state index in [1.807, 2.05) is 0 Å². The summed E-state index contributed by atoms with van der Waals surface area (Å²) in [5.74, 6) is 5.37. The fraction of sp³-hybridized carbons (Fsp3) is 0.222. The van der Waals surface area contributed by atoms with E-state index < -0.39 is 11.2 Å². The number of aryl methyl sites for hydroxylation is 1. The summed E-state index contributed by atoms with van der Waals surface area (Å²) >= 11 is 0. The lowest BCUT2D eigenvalue weighted by Crippen LogP contribution is -2.28. The average molecular weight is 245 g/mol. The van der Waals surface area contributed by atoms with Crippen LogP contribution in [-0.4, -0.2) is 26.1 Å². The lowest BCUT2D eigenvalue weighted by molar-refractivity contribution is 0.832. The summed E-state index contributed by atoms with van der Waals surface area (Å²) in [4.78, 5) is 34.2. The van der Waals surface area contributed by atoms with E-state index in [-0.39, 0.29) is 23.5 Å². The Morgan fingerprint density at radius 1 is 1.50 bits per heavy atom. The van der Waals surface area contributed by atoms with Gasteiger partial charge in [0.05, 0.1) is 6.54 Å². The van der Waals surface area contributed by atoms with E-state index >= 15 is 0 Å². The second kappa shape index (κ2) is 4.48. The highest BCUT2D eigenvalue weighted by Gasteiger charge is 2.08. The molecule has 2 aromatic rings. The van der Waals surface area contributed by atoms with Crippen molar-refractivity contribution in [2.45, 2.75) is 0 Å². The van der Waals surface area contributed by atoms with Crippen molar-refractivity contribution >= 4 is 11.2 Å². The van der Waals surface area contributed by atoms with Crippen molar-refractivity contribution in [1.29, 1.82) is 0 Å². The molecule has 0 atom stereocenters. The Labute approximate surface area is 99.1 Å². The molecular formula is C9H7N7O2. The smallest absolute Gasteiger partial charge is 0.325 e. The summed E-state index contributed by atoms with van der Waals surface area (Å²) in [6, 6.07) is 0. The number of azide groups is 1. The molecule has 0 radical (unpaired) electrons. The van der Waals surface area contributed by atoms with Crippen molar-refractivity contribution in [3.8, 4) is 11.8 Å². The molecule has 9 nitrogen and oxygen atoms in total. The Balaban J connectivity index is 2.56. The molecule has 0 aliphatic rings. The van der Waals surface area contributed by atoms with Crippen molar-refractivity contribution in [3.05, 3.63) is 37.1 Å². The van der Waals surface area contributed by atoms with E-state index in [9.17, 15) is 9.59 Å². The van der Waals surface area contributed by atoms with Crippen LogP contribution >= 0.6 is 0 Å². The third kappa shape index (κ3) is 1.95. The zero-order chi connectivity index (χ0) is 13.1. The number of aromatic amines is 2. The molecule has 0 saturated carbocycles. The molecule has 0 spiro atoms. The minimum Gasteiger partial charge on any atom is -0.325 e. The predicted molar refractivity (Wildman–Crippen MR) is 62.8 cm³/mol. The SMILES string of the molecule is Cn1c(=O)[nH]c(=O)c2[nH]c(C#CCN=[N+]=[N-])nc21. The van der Waals surface area contributed by atoms with Gasteiger partial charge in [0.15, 0.2) is 17.0 Å². The zero-order valence-corrected chi connectivity index (χ0v) is 9.26. The van der Waals surface area contributed by atoms with Crippen molar-refractivity contribution in [3.63, 3.8) is 0 Å². The largest absolute Gasteiger partial charge is 0.329 e. The maximum Gasteiger partial charge on any atom is 0.329 e. The van der Waals surface area contributed by atoms with E-state index in [1.54, 1.807) is 0 Å². The van der Waals surface area contributed by atoms with Crippen LogP contribution in [0.25, 0.3) is 21.6 Å². The van der Waals surface area contributed by atoms with Gasteiger partial charge in [-0.2, -0.15) is 0 Å². The number of aromatic nitrogens is 4. The van der Waals surface area contributed by atoms with Gasteiger partial charge in [0.1, 0.15) is 0 Å². The Bertz CT molecular complexity index is 822. The highest BCUT2D eigenvalue weighted by Crippen LogP contribution is 2.01. The topological polar surface area (TPSA) is 132 Å². The number of rotatable bonds is 1. The van der Waals surface area contributed by atoms with Crippen LogP contribution in [-0.2, 0) is 7.05 Å². The number of H-pyrrole nitrogens is 2. The molecule has 0 amide bonds. The molecule has 2 rings (SSSR count). The number of fused-ring (bicyclic) bond motifs is 1. The summed E-state index contributed by atoms with van der Waals surface area (Å²) in [7, 11) is 1.48. The second-order valence-electron chi connectivity index (χ2n) is 3.29. The highest BCUT2D eigenvalue weighted by atomic mass is 16.2. The maximum atomic E-state index is 11.5. The molecule has 2 aromatic heterocycles. The second-order valence-corrected chi connectivity index (χ2v) is 3.29.